The molecule has 1 saturated carbocycles. The fourth-order valence-electron chi connectivity index (χ4n) is 3.11. The number of hydrogen-bond acceptors (Lipinski definition) is 3. The number of carbonyl (C=O) groups excluding carboxylic acids is 2. The molecule has 122 valence electrons. The van der Waals surface area contributed by atoms with Crippen molar-refractivity contribution in [3.63, 3.8) is 0 Å². The molecule has 0 unspecified atom stereocenters. The number of hydrogen-bond donors (Lipinski definition) is 0. The van der Waals surface area contributed by atoms with E-state index in [1.165, 1.54) is 64.2 Å². The van der Waals surface area contributed by atoms with Crippen LogP contribution in [0.4, 0.5) is 0 Å². The van der Waals surface area contributed by atoms with Crippen LogP contribution in [-0.2, 0) is 14.3 Å². The monoisotopic (exact) mass is 296 g/mol. The Morgan fingerprint density at radius 1 is 0.810 bits per heavy atom. The van der Waals surface area contributed by atoms with Gasteiger partial charge in [-0.2, -0.15) is 0 Å². The van der Waals surface area contributed by atoms with Gasteiger partial charge < -0.3 is 4.74 Å². The van der Waals surface area contributed by atoms with E-state index >= 15 is 0 Å². The van der Waals surface area contributed by atoms with Crippen molar-refractivity contribution >= 4 is 11.9 Å². The Labute approximate surface area is 129 Å². The van der Waals surface area contributed by atoms with E-state index in [0.29, 0.717) is 18.8 Å². The molecule has 1 rings (SSSR count). The average molecular weight is 296 g/mol. The molecular formula is C18H32O3. The summed E-state index contributed by atoms with van der Waals surface area (Å²) in [5.41, 5.74) is 0. The van der Waals surface area contributed by atoms with Crippen LogP contribution < -0.4 is 0 Å². The first-order valence-electron chi connectivity index (χ1n) is 8.96. The van der Waals surface area contributed by atoms with Crippen molar-refractivity contribution in [3.05, 3.63) is 0 Å². The zero-order valence-electron chi connectivity index (χ0n) is 13.7. The second kappa shape index (κ2) is 11.8. The van der Waals surface area contributed by atoms with Gasteiger partial charge in [-0.15, -0.1) is 0 Å². The number of carbonyl (C=O) groups is 2. The Kier molecular flexibility index (Phi) is 10.2. The van der Waals surface area contributed by atoms with Crippen LogP contribution in [-0.4, -0.2) is 11.9 Å². The number of rotatable bonds is 5. The molecule has 0 aromatic rings. The van der Waals surface area contributed by atoms with Gasteiger partial charge in [0.1, 0.15) is 0 Å². The van der Waals surface area contributed by atoms with Crippen LogP contribution in [0.15, 0.2) is 0 Å². The molecule has 0 bridgehead atoms. The molecular weight excluding hydrogens is 264 g/mol. The van der Waals surface area contributed by atoms with Crippen molar-refractivity contribution in [1.29, 1.82) is 0 Å². The highest BCUT2D eigenvalue weighted by Gasteiger charge is 2.14. The predicted molar refractivity (Wildman–Crippen MR) is 84.9 cm³/mol. The van der Waals surface area contributed by atoms with Crippen LogP contribution in [0.5, 0.6) is 0 Å². The molecule has 0 aliphatic heterocycles. The fourth-order valence-corrected chi connectivity index (χ4v) is 3.11. The van der Waals surface area contributed by atoms with Gasteiger partial charge >= 0.3 is 11.9 Å². The third-order valence-corrected chi connectivity index (χ3v) is 4.41. The SMILES string of the molecule is CCCC(=O)OC(=O)CCC1CCCCCCCCCC1. The first kappa shape index (κ1) is 18.2. The molecule has 1 aliphatic carbocycles. The predicted octanol–water partition coefficient (Wildman–Crippen LogP) is 5.17. The van der Waals surface area contributed by atoms with Gasteiger partial charge in [0.2, 0.25) is 0 Å². The van der Waals surface area contributed by atoms with Crippen LogP contribution in [0.3, 0.4) is 0 Å². The zero-order chi connectivity index (χ0) is 15.3. The van der Waals surface area contributed by atoms with E-state index in [4.69, 9.17) is 4.74 Å². The standard InChI is InChI=1S/C18H32O3/c1-2-11-17(19)21-18(20)15-14-16-12-9-7-5-3-4-6-8-10-13-16/h16H,2-15H2,1H3. The summed E-state index contributed by atoms with van der Waals surface area (Å²) >= 11 is 0. The minimum atomic E-state index is -0.370. The average Bonchev–Trinajstić information content (AvgIpc) is 2.51. The molecule has 0 saturated heterocycles. The van der Waals surface area contributed by atoms with Crippen LogP contribution in [0.25, 0.3) is 0 Å². The smallest absolute Gasteiger partial charge is 0.313 e. The van der Waals surface area contributed by atoms with Gasteiger partial charge in [0.15, 0.2) is 0 Å². The van der Waals surface area contributed by atoms with Crippen molar-refractivity contribution in [3.8, 4) is 0 Å². The van der Waals surface area contributed by atoms with E-state index in [-0.39, 0.29) is 11.9 Å². The molecule has 0 radical (unpaired) electrons. The molecule has 0 aromatic carbocycles. The highest BCUT2D eigenvalue weighted by molar-refractivity contribution is 5.85. The first-order valence-corrected chi connectivity index (χ1v) is 8.96. The summed E-state index contributed by atoms with van der Waals surface area (Å²) in [6.45, 7) is 1.91. The molecule has 0 aromatic heterocycles. The van der Waals surface area contributed by atoms with E-state index in [1.54, 1.807) is 0 Å². The summed E-state index contributed by atoms with van der Waals surface area (Å²) in [5.74, 6) is -0.0652. The highest BCUT2D eigenvalue weighted by atomic mass is 16.6. The molecule has 3 heteroatoms. The summed E-state index contributed by atoms with van der Waals surface area (Å²) < 4.78 is 4.82. The quantitative estimate of drug-likeness (QED) is 0.519. The van der Waals surface area contributed by atoms with Crippen molar-refractivity contribution in [2.75, 3.05) is 0 Å². The van der Waals surface area contributed by atoms with Crippen molar-refractivity contribution in [2.45, 2.75) is 96.8 Å². The van der Waals surface area contributed by atoms with E-state index in [9.17, 15) is 9.59 Å². The Morgan fingerprint density at radius 3 is 1.81 bits per heavy atom. The van der Waals surface area contributed by atoms with Gasteiger partial charge in [-0.1, -0.05) is 71.1 Å². The third kappa shape index (κ3) is 9.65. The van der Waals surface area contributed by atoms with Crippen molar-refractivity contribution < 1.29 is 14.3 Å². The maximum absolute atomic E-state index is 11.7. The fraction of sp³-hybridized carbons (Fsp3) is 0.889. The van der Waals surface area contributed by atoms with Crippen molar-refractivity contribution in [1.82, 2.24) is 0 Å². The van der Waals surface area contributed by atoms with Gasteiger partial charge in [0.05, 0.1) is 0 Å². The van der Waals surface area contributed by atoms with E-state index < -0.39 is 0 Å². The number of esters is 2. The molecule has 0 spiro atoms. The Bertz CT molecular complexity index is 287. The van der Waals surface area contributed by atoms with E-state index in [2.05, 4.69) is 0 Å². The molecule has 21 heavy (non-hydrogen) atoms. The lowest BCUT2D eigenvalue weighted by Crippen LogP contribution is -2.13. The summed E-state index contributed by atoms with van der Waals surface area (Å²) in [6.07, 6.45) is 15.6. The zero-order valence-corrected chi connectivity index (χ0v) is 13.7. The molecule has 0 amide bonds. The lowest BCUT2D eigenvalue weighted by molar-refractivity contribution is -0.159. The molecule has 0 atom stereocenters. The second-order valence-corrected chi connectivity index (χ2v) is 6.41. The first-order chi connectivity index (χ1) is 10.2. The topological polar surface area (TPSA) is 43.4 Å². The normalized spacial score (nSPS) is 18.7. The van der Waals surface area contributed by atoms with Crippen molar-refractivity contribution in [2.24, 2.45) is 5.92 Å². The summed E-state index contributed by atoms with van der Waals surface area (Å²) in [6, 6.07) is 0. The molecule has 1 aliphatic rings. The highest BCUT2D eigenvalue weighted by Crippen LogP contribution is 2.24. The lowest BCUT2D eigenvalue weighted by atomic mass is 9.91. The lowest BCUT2D eigenvalue weighted by Gasteiger charge is -2.15. The van der Waals surface area contributed by atoms with Gasteiger partial charge in [0, 0.05) is 12.8 Å². The Hall–Kier alpha value is -0.860. The summed E-state index contributed by atoms with van der Waals surface area (Å²) in [4.78, 5) is 22.9. The maximum atomic E-state index is 11.7. The van der Waals surface area contributed by atoms with Crippen LogP contribution in [0.1, 0.15) is 96.8 Å². The molecule has 3 nitrogen and oxygen atoms in total. The Morgan fingerprint density at radius 2 is 1.29 bits per heavy atom. The molecule has 0 N–H and O–H groups in total. The van der Waals surface area contributed by atoms with Gasteiger partial charge in [-0.3, -0.25) is 9.59 Å². The van der Waals surface area contributed by atoms with E-state index in [1.807, 2.05) is 6.92 Å². The number of ether oxygens (including phenoxy) is 1. The van der Waals surface area contributed by atoms with Crippen LogP contribution in [0.2, 0.25) is 0 Å². The maximum Gasteiger partial charge on any atom is 0.313 e. The minimum Gasteiger partial charge on any atom is -0.393 e. The Balaban J connectivity index is 2.25. The van der Waals surface area contributed by atoms with E-state index in [0.717, 1.165) is 12.8 Å². The third-order valence-electron chi connectivity index (χ3n) is 4.41. The minimum absolute atomic E-state index is 0.331. The molecule has 0 heterocycles. The van der Waals surface area contributed by atoms with Gasteiger partial charge in [-0.05, 0) is 18.8 Å². The van der Waals surface area contributed by atoms with Crippen LogP contribution >= 0.6 is 0 Å². The molecule has 1 fully saturated rings. The summed E-state index contributed by atoms with van der Waals surface area (Å²) in [5, 5.41) is 0. The second-order valence-electron chi connectivity index (χ2n) is 6.41. The van der Waals surface area contributed by atoms with Crippen LogP contribution in [0, 0.1) is 5.92 Å². The van der Waals surface area contributed by atoms with Gasteiger partial charge in [0.25, 0.3) is 0 Å². The summed E-state index contributed by atoms with van der Waals surface area (Å²) in [7, 11) is 0. The largest absolute Gasteiger partial charge is 0.393 e. The van der Waals surface area contributed by atoms with Gasteiger partial charge in [-0.25, -0.2) is 0 Å².